The summed E-state index contributed by atoms with van der Waals surface area (Å²) >= 11 is 1.33. The van der Waals surface area contributed by atoms with Gasteiger partial charge in [-0.2, -0.15) is 0 Å². The van der Waals surface area contributed by atoms with Crippen LogP contribution in [-0.4, -0.2) is 12.5 Å². The molecule has 0 saturated heterocycles. The van der Waals surface area contributed by atoms with Crippen LogP contribution in [0.4, 0.5) is 15.8 Å². The van der Waals surface area contributed by atoms with Crippen LogP contribution in [-0.2, 0) is 0 Å². The van der Waals surface area contributed by atoms with E-state index in [9.17, 15) is 9.18 Å². The van der Waals surface area contributed by atoms with Crippen LogP contribution in [0, 0.1) is 12.7 Å². The van der Waals surface area contributed by atoms with E-state index in [-0.39, 0.29) is 5.91 Å². The van der Waals surface area contributed by atoms with Crippen molar-refractivity contribution in [3.63, 3.8) is 0 Å². The van der Waals surface area contributed by atoms with Crippen LogP contribution < -0.4 is 10.6 Å². The fourth-order valence-corrected chi connectivity index (χ4v) is 2.72. The van der Waals surface area contributed by atoms with Crippen molar-refractivity contribution in [3.05, 3.63) is 45.9 Å². The molecule has 0 bridgehead atoms. The summed E-state index contributed by atoms with van der Waals surface area (Å²) in [5.41, 5.74) is 6.64. The largest absolute Gasteiger partial charge is 0.398 e. The van der Waals surface area contributed by atoms with Crippen LogP contribution in [0.2, 0.25) is 0 Å². The highest BCUT2D eigenvalue weighted by Gasteiger charge is 2.21. The average molecular weight is 278 g/mol. The van der Waals surface area contributed by atoms with E-state index in [2.05, 4.69) is 0 Å². The van der Waals surface area contributed by atoms with Crippen LogP contribution in [0.3, 0.4) is 0 Å². The summed E-state index contributed by atoms with van der Waals surface area (Å²) in [5.74, 6) is -0.628. The second-order valence-corrected chi connectivity index (χ2v) is 5.38. The van der Waals surface area contributed by atoms with Crippen molar-refractivity contribution in [2.45, 2.75) is 13.8 Å². The molecular formula is C14H15FN2OS. The van der Waals surface area contributed by atoms with E-state index in [4.69, 9.17) is 5.73 Å². The molecule has 1 heterocycles. The van der Waals surface area contributed by atoms with Gasteiger partial charge in [0.05, 0.1) is 10.6 Å². The molecule has 0 saturated carbocycles. The first-order valence-electron chi connectivity index (χ1n) is 5.97. The summed E-state index contributed by atoms with van der Waals surface area (Å²) in [4.78, 5) is 15.2. The Kier molecular flexibility index (Phi) is 3.85. The fourth-order valence-electron chi connectivity index (χ4n) is 1.83. The molecule has 0 atom stereocenters. The predicted molar refractivity (Wildman–Crippen MR) is 77.2 cm³/mol. The average Bonchev–Trinajstić information content (AvgIpc) is 2.73. The number of thiophene rings is 1. The van der Waals surface area contributed by atoms with Gasteiger partial charge in [0.25, 0.3) is 5.91 Å². The minimum Gasteiger partial charge on any atom is -0.398 e. The summed E-state index contributed by atoms with van der Waals surface area (Å²) in [5, 5.41) is 0. The number of aryl methyl sites for hydroxylation is 1. The fraction of sp³-hybridized carbons (Fsp3) is 0.214. The van der Waals surface area contributed by atoms with Crippen molar-refractivity contribution in [2.75, 3.05) is 17.2 Å². The SMILES string of the molecule is CCN(C(=O)c1cc(N)c(C)s1)c1ccccc1F. The molecule has 2 aromatic rings. The number of nitrogen functional groups attached to an aromatic ring is 1. The third kappa shape index (κ3) is 2.61. The lowest BCUT2D eigenvalue weighted by molar-refractivity contribution is 0.0991. The third-order valence-electron chi connectivity index (χ3n) is 2.87. The van der Waals surface area contributed by atoms with Crippen molar-refractivity contribution in [1.82, 2.24) is 0 Å². The number of amides is 1. The van der Waals surface area contributed by atoms with E-state index in [1.807, 2.05) is 13.8 Å². The molecule has 5 heteroatoms. The third-order valence-corrected chi connectivity index (χ3v) is 3.93. The number of carbonyl (C=O) groups is 1. The topological polar surface area (TPSA) is 46.3 Å². The maximum absolute atomic E-state index is 13.8. The first-order chi connectivity index (χ1) is 9.04. The molecule has 19 heavy (non-hydrogen) atoms. The lowest BCUT2D eigenvalue weighted by atomic mass is 10.2. The Morgan fingerprint density at radius 3 is 2.63 bits per heavy atom. The van der Waals surface area contributed by atoms with E-state index in [0.717, 1.165) is 4.88 Å². The van der Waals surface area contributed by atoms with Crippen molar-refractivity contribution in [3.8, 4) is 0 Å². The molecule has 100 valence electrons. The van der Waals surface area contributed by atoms with Crippen LogP contribution in [0.25, 0.3) is 0 Å². The lowest BCUT2D eigenvalue weighted by Gasteiger charge is -2.20. The first kappa shape index (κ1) is 13.5. The number of anilines is 2. The molecule has 0 aliphatic heterocycles. The zero-order chi connectivity index (χ0) is 14.0. The minimum atomic E-state index is -0.404. The Morgan fingerprint density at radius 1 is 1.42 bits per heavy atom. The summed E-state index contributed by atoms with van der Waals surface area (Å²) < 4.78 is 13.8. The second kappa shape index (κ2) is 5.40. The van der Waals surface area contributed by atoms with Crippen LogP contribution in [0.5, 0.6) is 0 Å². The molecule has 2 N–H and O–H groups in total. The number of nitrogens with zero attached hydrogens (tertiary/aromatic N) is 1. The van der Waals surface area contributed by atoms with E-state index in [0.29, 0.717) is 22.8 Å². The number of para-hydroxylation sites is 1. The highest BCUT2D eigenvalue weighted by atomic mass is 32.1. The second-order valence-electron chi connectivity index (χ2n) is 4.12. The molecule has 0 radical (unpaired) electrons. The van der Waals surface area contributed by atoms with E-state index in [1.54, 1.807) is 24.3 Å². The van der Waals surface area contributed by atoms with E-state index < -0.39 is 5.82 Å². The van der Waals surface area contributed by atoms with Gasteiger partial charge in [-0.15, -0.1) is 11.3 Å². The number of benzene rings is 1. The van der Waals surface area contributed by atoms with Crippen LogP contribution >= 0.6 is 11.3 Å². The van der Waals surface area contributed by atoms with Gasteiger partial charge in [0, 0.05) is 17.1 Å². The maximum Gasteiger partial charge on any atom is 0.268 e. The Morgan fingerprint density at radius 2 is 2.11 bits per heavy atom. The number of halogens is 1. The van der Waals surface area contributed by atoms with Crippen molar-refractivity contribution in [2.24, 2.45) is 0 Å². The van der Waals surface area contributed by atoms with E-state index >= 15 is 0 Å². The standard InChI is InChI=1S/C14H15FN2OS/c1-3-17(12-7-5-4-6-10(12)15)14(18)13-8-11(16)9(2)19-13/h4-8H,3,16H2,1-2H3. The van der Waals surface area contributed by atoms with Gasteiger partial charge in [-0.3, -0.25) is 4.79 Å². The molecule has 0 unspecified atom stereocenters. The summed E-state index contributed by atoms with van der Waals surface area (Å²) in [7, 11) is 0. The quantitative estimate of drug-likeness (QED) is 0.934. The van der Waals surface area contributed by atoms with Gasteiger partial charge in [0.1, 0.15) is 5.82 Å². The number of rotatable bonds is 3. The molecule has 1 amide bonds. The molecule has 2 rings (SSSR count). The maximum atomic E-state index is 13.8. The predicted octanol–water partition coefficient (Wildman–Crippen LogP) is 3.44. The molecule has 0 spiro atoms. The van der Waals surface area contributed by atoms with Gasteiger partial charge in [-0.25, -0.2) is 4.39 Å². The number of hydrogen-bond acceptors (Lipinski definition) is 3. The normalized spacial score (nSPS) is 10.5. The summed E-state index contributed by atoms with van der Waals surface area (Å²) in [6.07, 6.45) is 0. The summed E-state index contributed by atoms with van der Waals surface area (Å²) in [6, 6.07) is 7.90. The molecule has 0 aliphatic rings. The molecule has 3 nitrogen and oxygen atoms in total. The van der Waals surface area contributed by atoms with Gasteiger partial charge in [0.15, 0.2) is 0 Å². The monoisotopic (exact) mass is 278 g/mol. The minimum absolute atomic E-state index is 0.225. The Bertz CT molecular complexity index is 590. The van der Waals surface area contributed by atoms with Crippen LogP contribution in [0.15, 0.2) is 30.3 Å². The molecule has 0 aliphatic carbocycles. The van der Waals surface area contributed by atoms with Crippen molar-refractivity contribution < 1.29 is 9.18 Å². The number of carbonyl (C=O) groups excluding carboxylic acids is 1. The van der Waals surface area contributed by atoms with Gasteiger partial charge in [-0.05, 0) is 32.0 Å². The van der Waals surface area contributed by atoms with Gasteiger partial charge >= 0.3 is 0 Å². The van der Waals surface area contributed by atoms with Crippen molar-refractivity contribution >= 4 is 28.6 Å². The number of nitrogens with two attached hydrogens (primary N) is 1. The molecule has 1 aromatic carbocycles. The Balaban J connectivity index is 2.37. The number of hydrogen-bond donors (Lipinski definition) is 1. The zero-order valence-electron chi connectivity index (χ0n) is 10.8. The van der Waals surface area contributed by atoms with Gasteiger partial charge in [0.2, 0.25) is 0 Å². The smallest absolute Gasteiger partial charge is 0.268 e. The highest BCUT2D eigenvalue weighted by molar-refractivity contribution is 7.14. The van der Waals surface area contributed by atoms with Gasteiger partial charge in [-0.1, -0.05) is 12.1 Å². The highest BCUT2D eigenvalue weighted by Crippen LogP contribution is 2.27. The molecular weight excluding hydrogens is 263 g/mol. The zero-order valence-corrected chi connectivity index (χ0v) is 11.6. The first-order valence-corrected chi connectivity index (χ1v) is 6.78. The summed E-state index contributed by atoms with van der Waals surface area (Å²) in [6.45, 7) is 4.07. The molecule has 0 fully saturated rings. The van der Waals surface area contributed by atoms with Crippen LogP contribution in [0.1, 0.15) is 21.5 Å². The van der Waals surface area contributed by atoms with E-state index in [1.165, 1.54) is 22.3 Å². The lowest BCUT2D eigenvalue weighted by Crippen LogP contribution is -2.30. The van der Waals surface area contributed by atoms with Crippen molar-refractivity contribution in [1.29, 1.82) is 0 Å². The van der Waals surface area contributed by atoms with Gasteiger partial charge < -0.3 is 10.6 Å². The Labute approximate surface area is 115 Å². The molecule has 1 aromatic heterocycles. The Hall–Kier alpha value is -1.88.